The number of imidazole rings is 1. The van der Waals surface area contributed by atoms with Crippen molar-refractivity contribution in [3.63, 3.8) is 0 Å². The van der Waals surface area contributed by atoms with Gasteiger partial charge in [0.2, 0.25) is 5.95 Å². The van der Waals surface area contributed by atoms with Gasteiger partial charge in [0.1, 0.15) is 5.60 Å². The lowest BCUT2D eigenvalue weighted by molar-refractivity contribution is 0.0381. The van der Waals surface area contributed by atoms with Crippen molar-refractivity contribution >= 4 is 17.1 Å². The molecule has 21 heavy (non-hydrogen) atoms. The van der Waals surface area contributed by atoms with Gasteiger partial charge in [-0.25, -0.2) is 4.79 Å². The monoisotopic (exact) mass is 295 g/mol. The van der Waals surface area contributed by atoms with E-state index in [9.17, 15) is 14.7 Å². The molecule has 1 fully saturated rings. The van der Waals surface area contributed by atoms with Crippen molar-refractivity contribution < 1.29 is 9.84 Å². The summed E-state index contributed by atoms with van der Waals surface area (Å²) in [6.45, 7) is 1.04. The molecule has 1 aliphatic heterocycles. The first kappa shape index (κ1) is 13.8. The van der Waals surface area contributed by atoms with Crippen LogP contribution in [-0.4, -0.2) is 49.6 Å². The van der Waals surface area contributed by atoms with Crippen molar-refractivity contribution in [3.05, 3.63) is 20.8 Å². The van der Waals surface area contributed by atoms with Crippen LogP contribution in [0.2, 0.25) is 0 Å². The van der Waals surface area contributed by atoms with E-state index < -0.39 is 16.9 Å². The van der Waals surface area contributed by atoms with E-state index in [1.165, 1.54) is 11.6 Å². The summed E-state index contributed by atoms with van der Waals surface area (Å²) in [5, 5.41) is 13.1. The summed E-state index contributed by atoms with van der Waals surface area (Å²) in [4.78, 5) is 30.9. The fourth-order valence-electron chi connectivity index (χ4n) is 2.39. The van der Waals surface area contributed by atoms with Gasteiger partial charge >= 0.3 is 5.69 Å². The van der Waals surface area contributed by atoms with Crippen LogP contribution in [0.3, 0.4) is 0 Å². The molecule has 1 atom stereocenters. The molecule has 1 aliphatic rings. The zero-order valence-electron chi connectivity index (χ0n) is 11.8. The molecule has 0 bridgehead atoms. The van der Waals surface area contributed by atoms with Crippen molar-refractivity contribution in [1.29, 1.82) is 0 Å². The fourth-order valence-corrected chi connectivity index (χ4v) is 2.39. The average Bonchev–Trinajstić information content (AvgIpc) is 3.08. The SMILES string of the molecule is Cn1c(=O)c2[nH]c(NCC3(O)CCOC3)nc2n(C)c1=O. The van der Waals surface area contributed by atoms with Crippen LogP contribution in [0.25, 0.3) is 11.2 Å². The maximum absolute atomic E-state index is 12.0. The van der Waals surface area contributed by atoms with E-state index in [1.807, 2.05) is 0 Å². The van der Waals surface area contributed by atoms with Crippen LogP contribution >= 0.6 is 0 Å². The Bertz CT molecular complexity index is 796. The summed E-state index contributed by atoms with van der Waals surface area (Å²) in [7, 11) is 2.96. The minimum atomic E-state index is -0.935. The minimum absolute atomic E-state index is 0.247. The van der Waals surface area contributed by atoms with Crippen LogP contribution in [0.5, 0.6) is 0 Å². The Morgan fingerprint density at radius 1 is 1.43 bits per heavy atom. The molecule has 0 aliphatic carbocycles. The van der Waals surface area contributed by atoms with Gasteiger partial charge in [-0.3, -0.25) is 13.9 Å². The molecule has 3 rings (SSSR count). The molecule has 1 saturated heterocycles. The van der Waals surface area contributed by atoms with Crippen LogP contribution < -0.4 is 16.6 Å². The Hall–Kier alpha value is -2.13. The summed E-state index contributed by atoms with van der Waals surface area (Å²) in [6, 6.07) is 0. The van der Waals surface area contributed by atoms with E-state index in [-0.39, 0.29) is 24.3 Å². The summed E-state index contributed by atoms with van der Waals surface area (Å²) in [5.74, 6) is 0.337. The molecule has 0 radical (unpaired) electrons. The number of aromatic amines is 1. The first-order chi connectivity index (χ1) is 9.91. The predicted molar refractivity (Wildman–Crippen MR) is 75.5 cm³/mol. The van der Waals surface area contributed by atoms with Crippen molar-refractivity contribution in [3.8, 4) is 0 Å². The molecular weight excluding hydrogens is 278 g/mol. The largest absolute Gasteiger partial charge is 0.386 e. The van der Waals surface area contributed by atoms with Gasteiger partial charge in [0, 0.05) is 33.7 Å². The van der Waals surface area contributed by atoms with Crippen molar-refractivity contribution in [2.45, 2.75) is 12.0 Å². The molecule has 3 heterocycles. The summed E-state index contributed by atoms with van der Waals surface area (Å²) >= 11 is 0. The molecule has 0 spiro atoms. The Morgan fingerprint density at radius 2 is 2.19 bits per heavy atom. The predicted octanol–water partition coefficient (Wildman–Crippen LogP) is -1.48. The number of H-pyrrole nitrogens is 1. The number of hydrogen-bond donors (Lipinski definition) is 3. The van der Waals surface area contributed by atoms with Gasteiger partial charge in [-0.05, 0) is 0 Å². The van der Waals surface area contributed by atoms with Gasteiger partial charge in [-0.1, -0.05) is 0 Å². The van der Waals surface area contributed by atoms with Crippen molar-refractivity contribution in [2.75, 3.05) is 25.1 Å². The second-order valence-corrected chi connectivity index (χ2v) is 5.37. The molecule has 1 unspecified atom stereocenters. The summed E-state index contributed by atoms with van der Waals surface area (Å²) in [6.07, 6.45) is 0.542. The number of anilines is 1. The lowest BCUT2D eigenvalue weighted by Crippen LogP contribution is -2.37. The number of aliphatic hydroxyl groups is 1. The molecule has 0 amide bonds. The van der Waals surface area contributed by atoms with Gasteiger partial charge < -0.3 is 20.1 Å². The Kier molecular flexibility index (Phi) is 3.10. The van der Waals surface area contributed by atoms with Crippen molar-refractivity contribution in [1.82, 2.24) is 19.1 Å². The first-order valence-corrected chi connectivity index (χ1v) is 6.61. The number of aromatic nitrogens is 4. The third-order valence-corrected chi connectivity index (χ3v) is 3.76. The molecule has 9 heteroatoms. The zero-order chi connectivity index (χ0) is 15.2. The standard InChI is InChI=1S/C12H17N5O4/c1-16-8-7(9(18)17(2)11(16)19)14-10(15-8)13-5-12(20)3-4-21-6-12/h20H,3-6H2,1-2H3,(H2,13,14,15). The number of fused-ring (bicyclic) bond motifs is 1. The third kappa shape index (κ3) is 2.24. The highest BCUT2D eigenvalue weighted by atomic mass is 16.5. The lowest BCUT2D eigenvalue weighted by Gasteiger charge is -2.20. The number of ether oxygens (including phenoxy) is 1. The Morgan fingerprint density at radius 3 is 2.86 bits per heavy atom. The van der Waals surface area contributed by atoms with E-state index in [4.69, 9.17) is 4.74 Å². The number of aryl methyl sites for hydroxylation is 1. The molecule has 114 valence electrons. The lowest BCUT2D eigenvalue weighted by atomic mass is 10.0. The Labute approximate surface area is 119 Å². The molecule has 0 aromatic carbocycles. The molecule has 9 nitrogen and oxygen atoms in total. The second kappa shape index (κ2) is 4.71. The van der Waals surface area contributed by atoms with E-state index in [0.29, 0.717) is 19.0 Å². The van der Waals surface area contributed by atoms with E-state index >= 15 is 0 Å². The van der Waals surface area contributed by atoms with E-state index in [0.717, 1.165) is 4.57 Å². The van der Waals surface area contributed by atoms with Gasteiger partial charge in [0.05, 0.1) is 6.61 Å². The smallest absolute Gasteiger partial charge is 0.332 e. The normalized spacial score (nSPS) is 22.0. The first-order valence-electron chi connectivity index (χ1n) is 6.61. The zero-order valence-corrected chi connectivity index (χ0v) is 11.8. The van der Waals surface area contributed by atoms with Crippen LogP contribution in [0.1, 0.15) is 6.42 Å². The highest BCUT2D eigenvalue weighted by Crippen LogP contribution is 2.19. The highest BCUT2D eigenvalue weighted by molar-refractivity contribution is 5.72. The maximum Gasteiger partial charge on any atom is 0.332 e. The summed E-state index contributed by atoms with van der Waals surface area (Å²) in [5.41, 5.74) is -1.28. The highest BCUT2D eigenvalue weighted by Gasteiger charge is 2.32. The summed E-state index contributed by atoms with van der Waals surface area (Å²) < 4.78 is 7.47. The molecule has 2 aromatic heterocycles. The Balaban J connectivity index is 1.95. The third-order valence-electron chi connectivity index (χ3n) is 3.76. The number of nitrogens with zero attached hydrogens (tertiary/aromatic N) is 3. The quantitative estimate of drug-likeness (QED) is 0.636. The number of nitrogens with one attached hydrogen (secondary N) is 2. The van der Waals surface area contributed by atoms with Crippen LogP contribution in [0.4, 0.5) is 5.95 Å². The van der Waals surface area contributed by atoms with Gasteiger partial charge in [0.25, 0.3) is 5.56 Å². The van der Waals surface area contributed by atoms with Crippen LogP contribution in [0.15, 0.2) is 9.59 Å². The van der Waals surface area contributed by atoms with Crippen LogP contribution in [-0.2, 0) is 18.8 Å². The second-order valence-electron chi connectivity index (χ2n) is 5.37. The average molecular weight is 295 g/mol. The molecule has 2 aromatic rings. The maximum atomic E-state index is 12.0. The van der Waals surface area contributed by atoms with Gasteiger partial charge in [0.15, 0.2) is 11.2 Å². The van der Waals surface area contributed by atoms with Crippen molar-refractivity contribution in [2.24, 2.45) is 14.1 Å². The van der Waals surface area contributed by atoms with Crippen LogP contribution in [0, 0.1) is 0 Å². The fraction of sp³-hybridized carbons (Fsp3) is 0.583. The molecule has 3 N–H and O–H groups in total. The number of rotatable bonds is 3. The molecular formula is C12H17N5O4. The topological polar surface area (TPSA) is 114 Å². The molecule has 0 saturated carbocycles. The number of hydrogen-bond acceptors (Lipinski definition) is 6. The van der Waals surface area contributed by atoms with Gasteiger partial charge in [-0.15, -0.1) is 0 Å². The van der Waals surface area contributed by atoms with E-state index in [2.05, 4.69) is 15.3 Å². The minimum Gasteiger partial charge on any atom is -0.386 e. The van der Waals surface area contributed by atoms with Gasteiger partial charge in [-0.2, -0.15) is 4.98 Å². The van der Waals surface area contributed by atoms with E-state index in [1.54, 1.807) is 7.05 Å².